The Balaban J connectivity index is 2.83. The molecule has 1 amide bonds. The fourth-order valence-corrected chi connectivity index (χ4v) is 3.12. The third-order valence-corrected chi connectivity index (χ3v) is 9.09. The highest BCUT2D eigenvalue weighted by molar-refractivity contribution is 6.74. The first kappa shape index (κ1) is 22.5. The van der Waals surface area contributed by atoms with Gasteiger partial charge in [-0.15, -0.1) is 0 Å². The first-order chi connectivity index (χ1) is 11.7. The van der Waals surface area contributed by atoms with Gasteiger partial charge in [0.05, 0.1) is 12.6 Å². The van der Waals surface area contributed by atoms with Gasteiger partial charge in [0.1, 0.15) is 11.4 Å². The lowest BCUT2D eigenvalue weighted by molar-refractivity contribution is 0.0485. The Bertz CT molecular complexity index is 585. The molecule has 0 spiro atoms. The van der Waals surface area contributed by atoms with E-state index in [9.17, 15) is 9.90 Å². The van der Waals surface area contributed by atoms with Gasteiger partial charge < -0.3 is 19.6 Å². The van der Waals surface area contributed by atoms with Gasteiger partial charge in [-0.25, -0.2) is 4.79 Å². The topological polar surface area (TPSA) is 67.8 Å². The number of nitrogens with one attached hydrogen (secondary N) is 1. The van der Waals surface area contributed by atoms with Crippen LogP contribution >= 0.6 is 0 Å². The number of phenolic OH excluding ortho intramolecular Hbond substituents is 1. The first-order valence-electron chi connectivity index (χ1n) is 9.11. The van der Waals surface area contributed by atoms with Crippen LogP contribution in [0.25, 0.3) is 0 Å². The number of carbonyl (C=O) groups is 1. The van der Waals surface area contributed by atoms with Gasteiger partial charge in [-0.05, 0) is 63.0 Å². The molecule has 0 heterocycles. The number of amides is 1. The van der Waals surface area contributed by atoms with Gasteiger partial charge in [-0.3, -0.25) is 0 Å². The highest BCUT2D eigenvalue weighted by Crippen LogP contribution is 2.36. The van der Waals surface area contributed by atoms with Gasteiger partial charge in [0.2, 0.25) is 0 Å². The molecule has 0 saturated heterocycles. The van der Waals surface area contributed by atoms with Crippen molar-refractivity contribution >= 4 is 14.4 Å². The number of rotatable bonds is 6. The summed E-state index contributed by atoms with van der Waals surface area (Å²) in [5, 5.41) is 12.5. The highest BCUT2D eigenvalue weighted by Gasteiger charge is 2.37. The summed E-state index contributed by atoms with van der Waals surface area (Å²) in [6, 6.07) is 6.79. The summed E-state index contributed by atoms with van der Waals surface area (Å²) < 4.78 is 11.7. The molecule has 0 unspecified atom stereocenters. The Hall–Kier alpha value is -1.53. The molecule has 1 rings (SSSR count). The maximum absolute atomic E-state index is 12.2. The van der Waals surface area contributed by atoms with E-state index in [0.717, 1.165) is 5.56 Å². The average molecular weight is 382 g/mol. The fourth-order valence-electron chi connectivity index (χ4n) is 2.07. The Morgan fingerprint density at radius 3 is 2.12 bits per heavy atom. The molecule has 0 bridgehead atoms. The predicted octanol–water partition coefficient (Wildman–Crippen LogP) is 4.85. The van der Waals surface area contributed by atoms with E-state index in [1.807, 2.05) is 32.9 Å². The molecule has 1 aromatic carbocycles. The minimum absolute atomic E-state index is 0.0992. The van der Waals surface area contributed by atoms with E-state index in [4.69, 9.17) is 9.16 Å². The smallest absolute Gasteiger partial charge is 0.407 e. The molecule has 1 aromatic rings. The second-order valence-corrected chi connectivity index (χ2v) is 14.1. The number of phenols is 1. The van der Waals surface area contributed by atoms with Crippen LogP contribution in [0.5, 0.6) is 5.75 Å². The van der Waals surface area contributed by atoms with Crippen LogP contribution in [0.2, 0.25) is 18.1 Å². The summed E-state index contributed by atoms with van der Waals surface area (Å²) in [5.41, 5.74) is 0.468. The third-order valence-electron chi connectivity index (χ3n) is 4.59. The Labute approximate surface area is 159 Å². The van der Waals surface area contributed by atoms with E-state index in [1.54, 1.807) is 12.1 Å². The van der Waals surface area contributed by atoms with Gasteiger partial charge in [-0.2, -0.15) is 0 Å². The summed E-state index contributed by atoms with van der Waals surface area (Å²) in [7, 11) is -1.92. The Morgan fingerprint density at radius 1 is 1.12 bits per heavy atom. The molecule has 0 radical (unpaired) electrons. The number of hydrogen-bond donors (Lipinski definition) is 2. The molecule has 0 aliphatic rings. The molecule has 1 atom stereocenters. The number of ether oxygens (including phenoxy) is 1. The lowest BCUT2D eigenvalue weighted by Crippen LogP contribution is -2.48. The summed E-state index contributed by atoms with van der Waals surface area (Å²) in [6.07, 6.45) is 0.161. The van der Waals surface area contributed by atoms with Crippen LogP contribution in [0, 0.1) is 0 Å². The van der Waals surface area contributed by atoms with Gasteiger partial charge in [0.25, 0.3) is 0 Å². The van der Waals surface area contributed by atoms with Crippen molar-refractivity contribution in [2.24, 2.45) is 0 Å². The van der Waals surface area contributed by atoms with Crippen molar-refractivity contribution in [3.63, 3.8) is 0 Å². The van der Waals surface area contributed by atoms with Crippen molar-refractivity contribution in [2.45, 2.75) is 77.7 Å². The van der Waals surface area contributed by atoms with Gasteiger partial charge >= 0.3 is 6.09 Å². The average Bonchev–Trinajstić information content (AvgIpc) is 2.44. The van der Waals surface area contributed by atoms with Crippen molar-refractivity contribution in [3.8, 4) is 5.75 Å². The van der Waals surface area contributed by atoms with Crippen LogP contribution in [0.4, 0.5) is 4.79 Å². The second-order valence-electron chi connectivity index (χ2n) is 9.29. The van der Waals surface area contributed by atoms with Gasteiger partial charge in [-0.1, -0.05) is 32.9 Å². The van der Waals surface area contributed by atoms with Crippen molar-refractivity contribution in [3.05, 3.63) is 29.8 Å². The molecule has 0 aliphatic heterocycles. The quantitative estimate of drug-likeness (QED) is 0.691. The molecule has 0 aliphatic carbocycles. The molecular weight excluding hydrogens is 346 g/mol. The minimum Gasteiger partial charge on any atom is -0.508 e. The van der Waals surface area contributed by atoms with E-state index >= 15 is 0 Å². The minimum atomic E-state index is -1.92. The molecule has 6 heteroatoms. The van der Waals surface area contributed by atoms with E-state index in [0.29, 0.717) is 13.0 Å². The standard InChI is InChI=1S/C20H35NO4Si/c1-19(2,3)25-18(23)21-16(13-15-9-11-17(22)12-10-15)14-24-26(7,8)20(4,5)6/h9-12,16,22H,13-14H2,1-8H3,(H,21,23)/t16-/m0/s1. The number of hydrogen-bond acceptors (Lipinski definition) is 4. The van der Waals surface area contributed by atoms with Crippen molar-refractivity contribution in [1.82, 2.24) is 5.32 Å². The molecule has 148 valence electrons. The van der Waals surface area contributed by atoms with E-state index in [1.165, 1.54) is 0 Å². The van der Waals surface area contributed by atoms with Crippen molar-refractivity contribution < 1.29 is 19.1 Å². The van der Waals surface area contributed by atoms with Crippen LogP contribution in [0.3, 0.4) is 0 Å². The first-order valence-corrected chi connectivity index (χ1v) is 12.0. The van der Waals surface area contributed by atoms with Crippen molar-refractivity contribution in [1.29, 1.82) is 0 Å². The predicted molar refractivity (Wildman–Crippen MR) is 108 cm³/mol. The lowest BCUT2D eigenvalue weighted by atomic mass is 10.1. The number of benzene rings is 1. The Kier molecular flexibility index (Phi) is 7.30. The summed E-state index contributed by atoms with van der Waals surface area (Å²) >= 11 is 0. The highest BCUT2D eigenvalue weighted by atomic mass is 28.4. The normalized spacial score (nSPS) is 14.0. The number of aromatic hydroxyl groups is 1. The van der Waals surface area contributed by atoms with Crippen LogP contribution in [-0.4, -0.2) is 37.8 Å². The molecular formula is C20H35NO4Si. The molecule has 0 aromatic heterocycles. The number of carbonyl (C=O) groups excluding carboxylic acids is 1. The maximum Gasteiger partial charge on any atom is 0.407 e. The summed E-state index contributed by atoms with van der Waals surface area (Å²) in [6.45, 7) is 16.9. The molecule has 2 N–H and O–H groups in total. The van der Waals surface area contributed by atoms with Gasteiger partial charge in [0.15, 0.2) is 8.32 Å². The molecule has 26 heavy (non-hydrogen) atoms. The van der Waals surface area contributed by atoms with Gasteiger partial charge in [0, 0.05) is 0 Å². The SMILES string of the molecule is CC(C)(C)OC(=O)N[C@H](CO[Si](C)(C)C(C)(C)C)Cc1ccc(O)cc1. The fraction of sp³-hybridized carbons (Fsp3) is 0.650. The lowest BCUT2D eigenvalue weighted by Gasteiger charge is -2.37. The van der Waals surface area contributed by atoms with E-state index in [2.05, 4.69) is 39.2 Å². The monoisotopic (exact) mass is 381 g/mol. The molecule has 0 fully saturated rings. The molecule has 5 nitrogen and oxygen atoms in total. The zero-order chi connectivity index (χ0) is 20.2. The largest absolute Gasteiger partial charge is 0.508 e. The second kappa shape index (κ2) is 8.44. The maximum atomic E-state index is 12.2. The van der Waals surface area contributed by atoms with Crippen molar-refractivity contribution in [2.75, 3.05) is 6.61 Å². The third kappa shape index (κ3) is 7.79. The summed E-state index contributed by atoms with van der Waals surface area (Å²) in [4.78, 5) is 12.2. The Morgan fingerprint density at radius 2 is 1.65 bits per heavy atom. The number of alkyl carbamates (subject to hydrolysis) is 1. The van der Waals surface area contributed by atoms with E-state index in [-0.39, 0.29) is 16.8 Å². The zero-order valence-electron chi connectivity index (χ0n) is 17.5. The van der Waals surface area contributed by atoms with Crippen LogP contribution in [0.15, 0.2) is 24.3 Å². The zero-order valence-corrected chi connectivity index (χ0v) is 18.5. The van der Waals surface area contributed by atoms with Crippen LogP contribution < -0.4 is 5.32 Å². The van der Waals surface area contributed by atoms with Crippen LogP contribution in [0.1, 0.15) is 47.1 Å². The van der Waals surface area contributed by atoms with E-state index < -0.39 is 20.0 Å². The molecule has 0 saturated carbocycles. The summed E-state index contributed by atoms with van der Waals surface area (Å²) in [5.74, 6) is 0.225. The van der Waals surface area contributed by atoms with Crippen LogP contribution in [-0.2, 0) is 15.6 Å².